The van der Waals surface area contributed by atoms with Gasteiger partial charge in [-0.25, -0.2) is 4.39 Å². The number of halogens is 2. The van der Waals surface area contributed by atoms with Crippen LogP contribution in [0.2, 0.25) is 0 Å². The molecule has 0 aliphatic rings. The Morgan fingerprint density at radius 2 is 2.00 bits per heavy atom. The molecule has 2 aromatic rings. The van der Waals surface area contributed by atoms with Crippen LogP contribution in [0.3, 0.4) is 0 Å². The van der Waals surface area contributed by atoms with Crippen LogP contribution in [0.1, 0.15) is 22.5 Å². The van der Waals surface area contributed by atoms with Crippen LogP contribution in [-0.2, 0) is 20.1 Å². The number of aromatic nitrogens is 2. The van der Waals surface area contributed by atoms with Gasteiger partial charge < -0.3 is 10.6 Å². The highest BCUT2D eigenvalue weighted by atomic mass is 79.9. The Morgan fingerprint density at radius 1 is 1.30 bits per heavy atom. The Labute approximate surface area is 144 Å². The maximum absolute atomic E-state index is 13.8. The van der Waals surface area contributed by atoms with E-state index in [2.05, 4.69) is 36.7 Å². The summed E-state index contributed by atoms with van der Waals surface area (Å²) in [6.45, 7) is 4.99. The smallest absolute Gasteiger partial charge is 0.191 e. The monoisotopic (exact) mass is 381 g/mol. The first kappa shape index (κ1) is 17.5. The summed E-state index contributed by atoms with van der Waals surface area (Å²) in [4.78, 5) is 4.17. The molecular formula is C16H21BrFN5. The Hall–Kier alpha value is -1.89. The van der Waals surface area contributed by atoms with Gasteiger partial charge in [0.1, 0.15) is 5.82 Å². The third-order valence-corrected chi connectivity index (χ3v) is 4.26. The molecule has 0 bridgehead atoms. The molecule has 2 N–H and O–H groups in total. The molecule has 0 spiro atoms. The van der Waals surface area contributed by atoms with E-state index in [4.69, 9.17) is 0 Å². The van der Waals surface area contributed by atoms with Gasteiger partial charge in [-0.1, -0.05) is 15.9 Å². The van der Waals surface area contributed by atoms with Gasteiger partial charge in [0.25, 0.3) is 0 Å². The van der Waals surface area contributed by atoms with E-state index in [1.807, 2.05) is 25.6 Å². The van der Waals surface area contributed by atoms with Crippen LogP contribution >= 0.6 is 15.9 Å². The first-order valence-corrected chi connectivity index (χ1v) is 8.09. The molecule has 2 rings (SSSR count). The zero-order chi connectivity index (χ0) is 17.0. The fraction of sp³-hybridized carbons (Fsp3) is 0.375. The van der Waals surface area contributed by atoms with Gasteiger partial charge in [-0.2, -0.15) is 5.10 Å². The van der Waals surface area contributed by atoms with E-state index in [0.717, 1.165) is 21.4 Å². The molecule has 0 saturated heterocycles. The Morgan fingerprint density at radius 3 is 2.61 bits per heavy atom. The van der Waals surface area contributed by atoms with E-state index >= 15 is 0 Å². The van der Waals surface area contributed by atoms with Crippen molar-refractivity contribution in [3.8, 4) is 0 Å². The van der Waals surface area contributed by atoms with Crippen LogP contribution in [0, 0.1) is 19.7 Å². The Bertz CT molecular complexity index is 724. The summed E-state index contributed by atoms with van der Waals surface area (Å²) in [5, 5.41) is 10.7. The Kier molecular flexibility index (Phi) is 5.76. The second kappa shape index (κ2) is 7.59. The molecule has 0 unspecified atom stereocenters. The maximum Gasteiger partial charge on any atom is 0.191 e. The lowest BCUT2D eigenvalue weighted by molar-refractivity contribution is 0.604. The summed E-state index contributed by atoms with van der Waals surface area (Å²) in [6, 6.07) is 4.88. The summed E-state index contributed by atoms with van der Waals surface area (Å²) in [7, 11) is 3.62. The standard InChI is InChI=1S/C16H21BrFN5/c1-10-14(11(2)23(4)22-10)9-21-16(19-3)20-8-12-7-13(17)5-6-15(12)18/h5-7H,8-9H2,1-4H3,(H2,19,20,21). The second-order valence-corrected chi connectivity index (χ2v) is 6.20. The van der Waals surface area contributed by atoms with Crippen molar-refractivity contribution in [1.29, 1.82) is 0 Å². The highest BCUT2D eigenvalue weighted by Crippen LogP contribution is 2.15. The van der Waals surface area contributed by atoms with Crippen molar-refractivity contribution in [2.24, 2.45) is 12.0 Å². The first-order valence-electron chi connectivity index (χ1n) is 7.30. The molecule has 23 heavy (non-hydrogen) atoms. The number of guanidine groups is 1. The van der Waals surface area contributed by atoms with Crippen molar-refractivity contribution in [3.05, 3.63) is 51.0 Å². The van der Waals surface area contributed by atoms with E-state index < -0.39 is 0 Å². The normalized spacial score (nSPS) is 11.7. The van der Waals surface area contributed by atoms with Crippen LogP contribution in [-0.4, -0.2) is 22.8 Å². The quantitative estimate of drug-likeness (QED) is 0.632. The van der Waals surface area contributed by atoms with Crippen LogP contribution in [0.4, 0.5) is 4.39 Å². The number of aliphatic imine (C=N–C) groups is 1. The zero-order valence-corrected chi connectivity index (χ0v) is 15.3. The third kappa shape index (κ3) is 4.31. The predicted octanol–water partition coefficient (Wildman–Crippen LogP) is 2.80. The topological polar surface area (TPSA) is 54.2 Å². The van der Waals surface area contributed by atoms with Crippen molar-refractivity contribution >= 4 is 21.9 Å². The molecule has 0 saturated carbocycles. The molecule has 0 atom stereocenters. The van der Waals surface area contributed by atoms with Gasteiger partial charge in [-0.3, -0.25) is 9.67 Å². The maximum atomic E-state index is 13.8. The van der Waals surface area contributed by atoms with Gasteiger partial charge >= 0.3 is 0 Å². The van der Waals surface area contributed by atoms with Crippen molar-refractivity contribution < 1.29 is 4.39 Å². The van der Waals surface area contributed by atoms with Gasteiger partial charge in [0.05, 0.1) is 5.69 Å². The summed E-state index contributed by atoms with van der Waals surface area (Å²) in [6.07, 6.45) is 0. The summed E-state index contributed by atoms with van der Waals surface area (Å²) in [5.41, 5.74) is 3.83. The molecule has 5 nitrogen and oxygen atoms in total. The van der Waals surface area contributed by atoms with Crippen LogP contribution in [0.25, 0.3) is 0 Å². The summed E-state index contributed by atoms with van der Waals surface area (Å²) in [5.74, 6) is 0.377. The second-order valence-electron chi connectivity index (χ2n) is 5.29. The van der Waals surface area contributed by atoms with Crippen LogP contribution in [0.5, 0.6) is 0 Å². The van der Waals surface area contributed by atoms with E-state index in [0.29, 0.717) is 24.6 Å². The number of nitrogens with zero attached hydrogens (tertiary/aromatic N) is 3. The number of aryl methyl sites for hydroxylation is 2. The fourth-order valence-electron chi connectivity index (χ4n) is 2.32. The highest BCUT2D eigenvalue weighted by molar-refractivity contribution is 9.10. The zero-order valence-electron chi connectivity index (χ0n) is 13.7. The minimum absolute atomic E-state index is 0.241. The van der Waals surface area contributed by atoms with Gasteiger partial charge in [0.15, 0.2) is 5.96 Å². The van der Waals surface area contributed by atoms with Gasteiger partial charge in [0.2, 0.25) is 0 Å². The lowest BCUT2D eigenvalue weighted by atomic mass is 10.2. The van der Waals surface area contributed by atoms with Gasteiger partial charge in [-0.15, -0.1) is 0 Å². The molecule has 0 amide bonds. The fourth-order valence-corrected chi connectivity index (χ4v) is 2.73. The van der Waals surface area contributed by atoms with Crippen molar-refractivity contribution in [3.63, 3.8) is 0 Å². The van der Waals surface area contributed by atoms with E-state index in [1.54, 1.807) is 19.2 Å². The highest BCUT2D eigenvalue weighted by Gasteiger charge is 2.10. The predicted molar refractivity (Wildman–Crippen MR) is 93.8 cm³/mol. The van der Waals surface area contributed by atoms with Crippen molar-refractivity contribution in [2.45, 2.75) is 26.9 Å². The number of benzene rings is 1. The number of rotatable bonds is 4. The molecule has 0 fully saturated rings. The van der Waals surface area contributed by atoms with E-state index in [1.165, 1.54) is 6.07 Å². The van der Waals surface area contributed by atoms with Crippen molar-refractivity contribution in [2.75, 3.05) is 7.05 Å². The average Bonchev–Trinajstić information content (AvgIpc) is 2.76. The molecular weight excluding hydrogens is 361 g/mol. The summed E-state index contributed by atoms with van der Waals surface area (Å²) >= 11 is 3.35. The lowest BCUT2D eigenvalue weighted by Gasteiger charge is -2.13. The van der Waals surface area contributed by atoms with Crippen LogP contribution in [0.15, 0.2) is 27.7 Å². The van der Waals surface area contributed by atoms with Crippen molar-refractivity contribution in [1.82, 2.24) is 20.4 Å². The Balaban J connectivity index is 1.97. The van der Waals surface area contributed by atoms with Crippen LogP contribution < -0.4 is 10.6 Å². The average molecular weight is 382 g/mol. The molecule has 1 aromatic carbocycles. The molecule has 7 heteroatoms. The number of hydrogen-bond acceptors (Lipinski definition) is 2. The molecule has 0 radical (unpaired) electrons. The molecule has 1 heterocycles. The van der Waals surface area contributed by atoms with E-state index in [-0.39, 0.29) is 5.82 Å². The largest absolute Gasteiger partial charge is 0.352 e. The molecule has 0 aliphatic heterocycles. The SMILES string of the molecule is CN=C(NCc1cc(Br)ccc1F)NCc1c(C)nn(C)c1C. The van der Waals surface area contributed by atoms with E-state index in [9.17, 15) is 4.39 Å². The molecule has 1 aromatic heterocycles. The number of hydrogen-bond donors (Lipinski definition) is 2. The molecule has 0 aliphatic carbocycles. The van der Waals surface area contributed by atoms with Gasteiger partial charge in [0, 0.05) is 48.5 Å². The lowest BCUT2D eigenvalue weighted by Crippen LogP contribution is -2.36. The van der Waals surface area contributed by atoms with Gasteiger partial charge in [-0.05, 0) is 32.0 Å². The minimum Gasteiger partial charge on any atom is -0.352 e. The minimum atomic E-state index is -0.241. The number of nitrogens with one attached hydrogen (secondary N) is 2. The first-order chi connectivity index (χ1) is 10.9. The third-order valence-electron chi connectivity index (χ3n) is 3.77. The molecule has 124 valence electrons. The summed E-state index contributed by atoms with van der Waals surface area (Å²) < 4.78 is 16.5.